The smallest absolute Gasteiger partial charge is 0.232 e. The fourth-order valence-electron chi connectivity index (χ4n) is 5.59. The topological polar surface area (TPSA) is 63.6 Å². The second-order valence-electron chi connectivity index (χ2n) is 10.3. The van der Waals surface area contributed by atoms with Crippen LogP contribution in [-0.2, 0) is 17.8 Å². The van der Waals surface area contributed by atoms with Crippen LogP contribution in [0.4, 0.5) is 0 Å². The number of rotatable bonds is 7. The van der Waals surface area contributed by atoms with Crippen LogP contribution in [0.5, 0.6) is 11.5 Å². The summed E-state index contributed by atoms with van der Waals surface area (Å²) < 4.78 is 17.8. The number of ketones is 1. The van der Waals surface area contributed by atoms with E-state index in [1.807, 2.05) is 30.3 Å². The van der Waals surface area contributed by atoms with E-state index in [9.17, 15) is 4.79 Å². The van der Waals surface area contributed by atoms with E-state index in [2.05, 4.69) is 22.8 Å². The highest BCUT2D eigenvalue weighted by Gasteiger charge is 2.32. The first-order chi connectivity index (χ1) is 18.2. The summed E-state index contributed by atoms with van der Waals surface area (Å²) in [6, 6.07) is 10.1. The molecule has 7 heteroatoms. The molecule has 0 bridgehead atoms. The molecule has 4 aliphatic rings. The zero-order valence-electron chi connectivity index (χ0n) is 21.6. The van der Waals surface area contributed by atoms with E-state index in [0.29, 0.717) is 24.5 Å². The Morgan fingerprint density at radius 3 is 2.68 bits per heavy atom. The zero-order valence-corrected chi connectivity index (χ0v) is 21.6. The van der Waals surface area contributed by atoms with Crippen molar-refractivity contribution in [2.75, 3.05) is 52.5 Å². The van der Waals surface area contributed by atoms with Crippen LogP contribution in [0.1, 0.15) is 51.9 Å². The van der Waals surface area contributed by atoms with Crippen LogP contribution in [0.15, 0.2) is 47.2 Å². The Hall–Kier alpha value is -3.00. The van der Waals surface area contributed by atoms with E-state index in [0.717, 1.165) is 86.4 Å². The molecule has 0 spiro atoms. The van der Waals surface area contributed by atoms with Crippen LogP contribution in [0, 0.1) is 6.92 Å². The van der Waals surface area contributed by atoms with Crippen LogP contribution < -0.4 is 9.47 Å². The molecule has 0 N–H and O–H groups in total. The highest BCUT2D eigenvalue weighted by Crippen LogP contribution is 2.38. The minimum atomic E-state index is -0.0658. The molecule has 0 atom stereocenters. The van der Waals surface area contributed by atoms with Crippen molar-refractivity contribution in [2.45, 2.75) is 39.3 Å². The third-order valence-corrected chi connectivity index (χ3v) is 7.83. The van der Waals surface area contributed by atoms with Crippen molar-refractivity contribution in [2.24, 2.45) is 4.99 Å². The first-order valence-electron chi connectivity index (χ1n) is 13.6. The van der Waals surface area contributed by atoms with Crippen molar-refractivity contribution < 1.29 is 19.0 Å². The van der Waals surface area contributed by atoms with Crippen LogP contribution in [0.3, 0.4) is 0 Å². The maximum atomic E-state index is 13.3. The predicted molar refractivity (Wildman–Crippen MR) is 143 cm³/mol. The second kappa shape index (κ2) is 10.8. The molecule has 7 nitrogen and oxygen atoms in total. The summed E-state index contributed by atoms with van der Waals surface area (Å²) in [4.78, 5) is 22.9. The number of aryl methyl sites for hydroxylation is 1. The molecular weight excluding hydrogens is 466 g/mol. The molecule has 0 radical (unpaired) electrons. The number of hydrogen-bond donors (Lipinski definition) is 0. The van der Waals surface area contributed by atoms with Crippen molar-refractivity contribution in [3.8, 4) is 11.5 Å². The first-order valence-corrected chi connectivity index (χ1v) is 13.6. The average molecular weight is 502 g/mol. The Labute approximate surface area is 218 Å². The molecule has 0 amide bonds. The Bertz CT molecular complexity index is 1240. The minimum absolute atomic E-state index is 0.0658. The number of fused-ring (bicyclic) bond motifs is 2. The van der Waals surface area contributed by atoms with Gasteiger partial charge >= 0.3 is 0 Å². The van der Waals surface area contributed by atoms with E-state index in [-0.39, 0.29) is 5.78 Å². The lowest BCUT2D eigenvalue weighted by Crippen LogP contribution is -2.38. The molecule has 37 heavy (non-hydrogen) atoms. The monoisotopic (exact) mass is 501 g/mol. The van der Waals surface area contributed by atoms with Gasteiger partial charge < -0.3 is 14.2 Å². The molecule has 2 aromatic rings. The quantitative estimate of drug-likeness (QED) is 0.531. The fraction of sp³-hybridized carbons (Fsp3) is 0.467. The molecule has 6 rings (SSSR count). The van der Waals surface area contributed by atoms with Gasteiger partial charge in [-0.05, 0) is 62.2 Å². The Morgan fingerprint density at radius 2 is 1.84 bits per heavy atom. The number of likely N-dealkylation sites (tertiary alicyclic amines) is 1. The number of allylic oxidation sites excluding steroid dienone is 2. The van der Waals surface area contributed by atoms with Crippen molar-refractivity contribution in [1.82, 2.24) is 9.80 Å². The van der Waals surface area contributed by atoms with Crippen LogP contribution in [0.25, 0.3) is 0 Å². The molecule has 194 valence electrons. The summed E-state index contributed by atoms with van der Waals surface area (Å²) in [6.45, 7) is 10.7. The van der Waals surface area contributed by atoms with E-state index in [1.165, 1.54) is 24.8 Å². The van der Waals surface area contributed by atoms with Crippen LogP contribution in [-0.4, -0.2) is 73.8 Å². The molecule has 2 aromatic carbocycles. The van der Waals surface area contributed by atoms with Crippen LogP contribution >= 0.6 is 0 Å². The van der Waals surface area contributed by atoms with Crippen molar-refractivity contribution in [3.63, 3.8) is 0 Å². The number of morpholine rings is 1. The lowest BCUT2D eigenvalue weighted by molar-refractivity contribution is 0.0322. The standard InChI is InChI=1S/C30H35N3O4/c1-21-5-8-24-29(34)28(37-30(24)26(21)20-33-9-3-2-4-10-33)18-27-25-17-23(7-6-22(25)19-31-27)36-16-13-32-11-14-35-15-12-32/h5-8,17-18H,2-4,9-16,19-20H2,1H3/b28-18-. The highest BCUT2D eigenvalue weighted by molar-refractivity contribution is 6.19. The van der Waals surface area contributed by atoms with Gasteiger partial charge in [0, 0.05) is 43.4 Å². The molecule has 0 saturated carbocycles. The predicted octanol–water partition coefficient (Wildman–Crippen LogP) is 4.15. The van der Waals surface area contributed by atoms with E-state index in [4.69, 9.17) is 19.2 Å². The summed E-state index contributed by atoms with van der Waals surface area (Å²) in [5, 5.41) is 0. The van der Waals surface area contributed by atoms with Gasteiger partial charge in [0.2, 0.25) is 5.78 Å². The van der Waals surface area contributed by atoms with Gasteiger partial charge in [0.1, 0.15) is 18.1 Å². The largest absolute Gasteiger partial charge is 0.492 e. The lowest BCUT2D eigenvalue weighted by Gasteiger charge is -2.27. The summed E-state index contributed by atoms with van der Waals surface area (Å²) in [7, 11) is 0. The Kier molecular flexibility index (Phi) is 7.09. The third-order valence-electron chi connectivity index (χ3n) is 7.83. The molecule has 0 unspecified atom stereocenters. The molecular formula is C30H35N3O4. The van der Waals surface area contributed by atoms with Gasteiger partial charge in [-0.3, -0.25) is 19.6 Å². The number of carbonyl (C=O) groups excluding carboxylic acids is 1. The number of aliphatic imine (C=N–C) groups is 1. The Morgan fingerprint density at radius 1 is 1.00 bits per heavy atom. The summed E-state index contributed by atoms with van der Waals surface area (Å²) in [5.41, 5.74) is 5.87. The van der Waals surface area contributed by atoms with Crippen molar-refractivity contribution in [1.29, 1.82) is 0 Å². The molecule has 2 saturated heterocycles. The molecule has 4 heterocycles. The molecule has 2 fully saturated rings. The third kappa shape index (κ3) is 5.21. The van der Waals surface area contributed by atoms with Gasteiger partial charge in [0.15, 0.2) is 5.76 Å². The normalized spacial score (nSPS) is 21.1. The number of Topliss-reactive ketones (excluding diaryl/α,β-unsaturated/α-hetero) is 1. The highest BCUT2D eigenvalue weighted by atomic mass is 16.5. The van der Waals surface area contributed by atoms with E-state index in [1.54, 1.807) is 0 Å². The minimum Gasteiger partial charge on any atom is -0.492 e. The number of ether oxygens (including phenoxy) is 3. The summed E-state index contributed by atoms with van der Waals surface area (Å²) in [6.07, 6.45) is 5.58. The molecule has 0 aromatic heterocycles. The van der Waals surface area contributed by atoms with Gasteiger partial charge in [-0.1, -0.05) is 18.6 Å². The van der Waals surface area contributed by atoms with Gasteiger partial charge in [-0.25, -0.2) is 0 Å². The second-order valence-corrected chi connectivity index (χ2v) is 10.3. The number of carbonyl (C=O) groups is 1. The van der Waals surface area contributed by atoms with Gasteiger partial charge in [0.25, 0.3) is 0 Å². The molecule has 0 aliphatic carbocycles. The lowest BCUT2D eigenvalue weighted by atomic mass is 10.00. The van der Waals surface area contributed by atoms with E-state index >= 15 is 0 Å². The SMILES string of the molecule is Cc1ccc2c(c1CN1CCCCC1)O/C(=C\C1=NCc3ccc(OCCN4CCOCC4)cc31)C2=O. The van der Waals surface area contributed by atoms with Crippen LogP contribution in [0.2, 0.25) is 0 Å². The van der Waals surface area contributed by atoms with Gasteiger partial charge in [0.05, 0.1) is 31.0 Å². The summed E-state index contributed by atoms with van der Waals surface area (Å²) >= 11 is 0. The zero-order chi connectivity index (χ0) is 25.2. The van der Waals surface area contributed by atoms with E-state index < -0.39 is 0 Å². The van der Waals surface area contributed by atoms with Gasteiger partial charge in [-0.2, -0.15) is 0 Å². The number of piperidine rings is 1. The summed E-state index contributed by atoms with van der Waals surface area (Å²) in [5.74, 6) is 1.83. The maximum Gasteiger partial charge on any atom is 0.232 e. The van der Waals surface area contributed by atoms with Crippen molar-refractivity contribution >= 4 is 11.5 Å². The average Bonchev–Trinajstić information content (AvgIpc) is 3.47. The number of benzene rings is 2. The van der Waals surface area contributed by atoms with Crippen molar-refractivity contribution in [3.05, 3.63) is 70.0 Å². The fourth-order valence-corrected chi connectivity index (χ4v) is 5.59. The Balaban J connectivity index is 1.17. The number of nitrogens with zero attached hydrogens (tertiary/aromatic N) is 3. The molecule has 4 aliphatic heterocycles. The first kappa shape index (κ1) is 24.3. The maximum absolute atomic E-state index is 13.3. The number of hydrogen-bond acceptors (Lipinski definition) is 7. The van der Waals surface area contributed by atoms with Gasteiger partial charge in [-0.15, -0.1) is 0 Å².